The second-order valence-electron chi connectivity index (χ2n) is 8.20. The van der Waals surface area contributed by atoms with Gasteiger partial charge in [-0.3, -0.25) is 9.59 Å². The second kappa shape index (κ2) is 9.77. The van der Waals surface area contributed by atoms with Crippen molar-refractivity contribution in [3.05, 3.63) is 54.2 Å². The van der Waals surface area contributed by atoms with E-state index < -0.39 is 0 Å². The molecule has 1 fully saturated rings. The molecule has 0 aliphatic carbocycles. The van der Waals surface area contributed by atoms with Crippen LogP contribution in [0.1, 0.15) is 36.0 Å². The highest BCUT2D eigenvalue weighted by Gasteiger charge is 2.26. The summed E-state index contributed by atoms with van der Waals surface area (Å²) in [4.78, 5) is 30.8. The third-order valence-electron chi connectivity index (χ3n) is 6.04. The summed E-state index contributed by atoms with van der Waals surface area (Å²) in [6, 6.07) is 13.1. The van der Waals surface area contributed by atoms with E-state index >= 15 is 0 Å². The summed E-state index contributed by atoms with van der Waals surface area (Å²) in [5, 5.41) is 3.88. The van der Waals surface area contributed by atoms with E-state index in [0.29, 0.717) is 41.6 Å². The van der Waals surface area contributed by atoms with E-state index in [1.54, 1.807) is 38.6 Å². The average molecular weight is 436 g/mol. The molecule has 168 valence electrons. The number of rotatable bonds is 7. The van der Waals surface area contributed by atoms with E-state index in [4.69, 9.17) is 9.47 Å². The fraction of sp³-hybridized carbons (Fsp3) is 0.360. The molecule has 0 unspecified atom stereocenters. The topological polar surface area (TPSA) is 83.7 Å². The van der Waals surface area contributed by atoms with Gasteiger partial charge in [0, 0.05) is 60.5 Å². The standard InChI is InChI=1S/C25H29N3O4/c1-31-19-12-18(13-20(14-19)32-2)27-24(29)10-9-17-6-5-11-28(16-17)25(30)22-15-26-23-8-4-3-7-21(22)23/h3-4,7-8,12-15,17,26H,5-6,9-11,16H2,1-2H3,(H,27,29)/t17-/m1/s1. The lowest BCUT2D eigenvalue weighted by molar-refractivity contribution is -0.116. The lowest BCUT2D eigenvalue weighted by Gasteiger charge is -2.32. The van der Waals surface area contributed by atoms with Crippen molar-refractivity contribution >= 4 is 28.4 Å². The number of hydrogen-bond donors (Lipinski definition) is 2. The number of anilines is 1. The summed E-state index contributed by atoms with van der Waals surface area (Å²) in [7, 11) is 3.15. The number of likely N-dealkylation sites (tertiary alicyclic amines) is 1. The zero-order valence-electron chi connectivity index (χ0n) is 18.5. The van der Waals surface area contributed by atoms with Crippen molar-refractivity contribution < 1.29 is 19.1 Å². The largest absolute Gasteiger partial charge is 0.497 e. The Morgan fingerprint density at radius 1 is 1.12 bits per heavy atom. The number of para-hydroxylation sites is 1. The molecule has 7 nitrogen and oxygen atoms in total. The van der Waals surface area contributed by atoms with Gasteiger partial charge in [-0.15, -0.1) is 0 Å². The Hall–Kier alpha value is -3.48. The van der Waals surface area contributed by atoms with Crippen molar-refractivity contribution in [2.24, 2.45) is 5.92 Å². The van der Waals surface area contributed by atoms with Crippen LogP contribution in [-0.4, -0.2) is 49.0 Å². The molecule has 32 heavy (non-hydrogen) atoms. The smallest absolute Gasteiger partial charge is 0.256 e. The molecular formula is C25H29N3O4. The first kappa shape index (κ1) is 21.7. The number of carbonyl (C=O) groups is 2. The number of ether oxygens (including phenoxy) is 2. The van der Waals surface area contributed by atoms with Crippen LogP contribution >= 0.6 is 0 Å². The molecule has 2 aromatic carbocycles. The van der Waals surface area contributed by atoms with E-state index in [1.807, 2.05) is 29.2 Å². The van der Waals surface area contributed by atoms with Crippen LogP contribution in [0.5, 0.6) is 11.5 Å². The Labute approximate surface area is 187 Å². The Bertz CT molecular complexity index is 1090. The summed E-state index contributed by atoms with van der Waals surface area (Å²) in [5.74, 6) is 1.56. The molecule has 1 atom stereocenters. The van der Waals surface area contributed by atoms with E-state index in [2.05, 4.69) is 10.3 Å². The van der Waals surface area contributed by atoms with Crippen molar-refractivity contribution in [2.75, 3.05) is 32.6 Å². The van der Waals surface area contributed by atoms with E-state index in [-0.39, 0.29) is 11.8 Å². The molecule has 1 aliphatic heterocycles. The predicted octanol–water partition coefficient (Wildman–Crippen LogP) is 4.46. The van der Waals surface area contributed by atoms with Gasteiger partial charge in [0.1, 0.15) is 11.5 Å². The zero-order valence-corrected chi connectivity index (χ0v) is 18.5. The normalized spacial score (nSPS) is 16.1. The molecular weight excluding hydrogens is 406 g/mol. The van der Waals surface area contributed by atoms with Crippen LogP contribution in [0.2, 0.25) is 0 Å². The molecule has 4 rings (SSSR count). The van der Waals surface area contributed by atoms with Crippen LogP contribution in [0.25, 0.3) is 10.9 Å². The molecule has 7 heteroatoms. The number of H-pyrrole nitrogens is 1. The number of methoxy groups -OCH3 is 2. The lowest BCUT2D eigenvalue weighted by Crippen LogP contribution is -2.40. The van der Waals surface area contributed by atoms with Crippen molar-refractivity contribution in [3.8, 4) is 11.5 Å². The van der Waals surface area contributed by atoms with Crippen LogP contribution in [0.15, 0.2) is 48.7 Å². The maximum atomic E-state index is 13.1. The second-order valence-corrected chi connectivity index (χ2v) is 8.20. The van der Waals surface area contributed by atoms with Gasteiger partial charge in [0.25, 0.3) is 5.91 Å². The maximum absolute atomic E-state index is 13.1. The molecule has 1 saturated heterocycles. The number of aromatic amines is 1. The average Bonchev–Trinajstić information content (AvgIpc) is 3.26. The van der Waals surface area contributed by atoms with Gasteiger partial charge in [0.05, 0.1) is 19.8 Å². The molecule has 0 bridgehead atoms. The molecule has 0 radical (unpaired) electrons. The summed E-state index contributed by atoms with van der Waals surface area (Å²) in [5.41, 5.74) is 2.33. The van der Waals surface area contributed by atoms with E-state index in [1.165, 1.54) is 0 Å². The molecule has 2 heterocycles. The minimum absolute atomic E-state index is 0.0552. The molecule has 1 aliphatic rings. The van der Waals surface area contributed by atoms with Crippen LogP contribution < -0.4 is 14.8 Å². The molecule has 3 aromatic rings. The highest BCUT2D eigenvalue weighted by molar-refractivity contribution is 6.06. The first-order valence-corrected chi connectivity index (χ1v) is 11.0. The van der Waals surface area contributed by atoms with Crippen LogP contribution in [0.4, 0.5) is 5.69 Å². The van der Waals surface area contributed by atoms with Crippen molar-refractivity contribution in [1.82, 2.24) is 9.88 Å². The first-order valence-electron chi connectivity index (χ1n) is 11.0. The molecule has 2 amide bonds. The maximum Gasteiger partial charge on any atom is 0.256 e. The number of amides is 2. The van der Waals surface area contributed by atoms with Gasteiger partial charge in [-0.05, 0) is 31.2 Å². The summed E-state index contributed by atoms with van der Waals surface area (Å²) in [6.45, 7) is 1.43. The summed E-state index contributed by atoms with van der Waals surface area (Å²) >= 11 is 0. The number of nitrogens with zero attached hydrogens (tertiary/aromatic N) is 1. The first-order chi connectivity index (χ1) is 15.6. The van der Waals surface area contributed by atoms with Crippen molar-refractivity contribution in [3.63, 3.8) is 0 Å². The van der Waals surface area contributed by atoms with Crippen LogP contribution in [0.3, 0.4) is 0 Å². The number of fused-ring (bicyclic) bond motifs is 1. The van der Waals surface area contributed by atoms with Crippen molar-refractivity contribution in [1.29, 1.82) is 0 Å². The van der Waals surface area contributed by atoms with Gasteiger partial charge in [0.15, 0.2) is 0 Å². The lowest BCUT2D eigenvalue weighted by atomic mass is 9.92. The number of aromatic nitrogens is 1. The Morgan fingerprint density at radius 3 is 2.62 bits per heavy atom. The molecule has 2 N–H and O–H groups in total. The van der Waals surface area contributed by atoms with Gasteiger partial charge in [-0.25, -0.2) is 0 Å². The number of benzene rings is 2. The zero-order chi connectivity index (χ0) is 22.5. The minimum atomic E-state index is -0.0552. The minimum Gasteiger partial charge on any atom is -0.497 e. The highest BCUT2D eigenvalue weighted by atomic mass is 16.5. The van der Waals surface area contributed by atoms with Gasteiger partial charge >= 0.3 is 0 Å². The van der Waals surface area contributed by atoms with E-state index in [0.717, 1.165) is 36.7 Å². The monoisotopic (exact) mass is 435 g/mol. The number of carbonyl (C=O) groups excluding carboxylic acids is 2. The van der Waals surface area contributed by atoms with Crippen molar-refractivity contribution in [2.45, 2.75) is 25.7 Å². The molecule has 0 spiro atoms. The Kier molecular flexibility index (Phi) is 6.63. The fourth-order valence-electron chi connectivity index (χ4n) is 4.34. The number of piperidine rings is 1. The van der Waals surface area contributed by atoms with E-state index in [9.17, 15) is 9.59 Å². The van der Waals surface area contributed by atoms with Gasteiger partial charge in [-0.2, -0.15) is 0 Å². The van der Waals surface area contributed by atoms with Crippen LogP contribution in [-0.2, 0) is 4.79 Å². The van der Waals surface area contributed by atoms with Crippen LogP contribution in [0, 0.1) is 5.92 Å². The Morgan fingerprint density at radius 2 is 1.88 bits per heavy atom. The summed E-state index contributed by atoms with van der Waals surface area (Å²) < 4.78 is 10.5. The third-order valence-corrected chi connectivity index (χ3v) is 6.04. The molecule has 0 saturated carbocycles. The summed E-state index contributed by atoms with van der Waals surface area (Å²) in [6.07, 6.45) is 4.92. The quantitative estimate of drug-likeness (QED) is 0.574. The van der Waals surface area contributed by atoms with Gasteiger partial charge in [0.2, 0.25) is 5.91 Å². The van der Waals surface area contributed by atoms with Gasteiger partial charge in [-0.1, -0.05) is 18.2 Å². The molecule has 1 aromatic heterocycles. The fourth-order valence-corrected chi connectivity index (χ4v) is 4.34. The van der Waals surface area contributed by atoms with Gasteiger partial charge < -0.3 is 24.7 Å². The Balaban J connectivity index is 1.33. The third kappa shape index (κ3) is 4.88. The number of nitrogens with one attached hydrogen (secondary N) is 2. The SMILES string of the molecule is COc1cc(NC(=O)CC[C@H]2CCCN(C(=O)c3c[nH]c4ccccc34)C2)cc(OC)c1. The predicted molar refractivity (Wildman–Crippen MR) is 124 cm³/mol. The highest BCUT2D eigenvalue weighted by Crippen LogP contribution is 2.27. The number of hydrogen-bond acceptors (Lipinski definition) is 4.